The Labute approximate surface area is 262 Å². The molecule has 3 N–H and O–H groups in total. The summed E-state index contributed by atoms with van der Waals surface area (Å²) in [5.74, 6) is -6.37. The average molecular weight is 619 g/mol. The molecule has 2 aliphatic heterocycles. The first kappa shape index (κ1) is 29.8. The van der Waals surface area contributed by atoms with Crippen molar-refractivity contribution in [1.29, 1.82) is 0 Å². The quantitative estimate of drug-likeness (QED) is 0.230. The minimum absolute atomic E-state index is 0.0256. The van der Waals surface area contributed by atoms with Crippen LogP contribution in [0, 0.1) is 0 Å². The molecular formula is C34H26N4O8. The van der Waals surface area contributed by atoms with Gasteiger partial charge in [-0.15, -0.1) is 0 Å². The molecule has 0 radical (unpaired) electrons. The average Bonchev–Trinajstić information content (AvgIpc) is 3.42. The molecule has 4 aromatic rings. The van der Waals surface area contributed by atoms with E-state index in [2.05, 4.69) is 26.1 Å². The maximum atomic E-state index is 13.7. The van der Waals surface area contributed by atoms with Crippen molar-refractivity contribution in [3.8, 4) is 0 Å². The Morgan fingerprint density at radius 3 is 1.37 bits per heavy atom. The minimum Gasteiger partial charge on any atom is -0.478 e. The summed E-state index contributed by atoms with van der Waals surface area (Å²) < 4.78 is 0. The number of carboxylic acid groups (broad SMARTS) is 2. The number of amides is 4. The van der Waals surface area contributed by atoms with Gasteiger partial charge in [-0.2, -0.15) is 15.1 Å². The predicted octanol–water partition coefficient (Wildman–Crippen LogP) is 5.35. The molecule has 0 spiro atoms. The molecule has 0 saturated heterocycles. The highest BCUT2D eigenvalue weighted by atomic mass is 16.4. The highest BCUT2D eigenvalue weighted by molar-refractivity contribution is 6.26. The molecule has 4 aromatic carbocycles. The summed E-state index contributed by atoms with van der Waals surface area (Å²) >= 11 is 0. The van der Waals surface area contributed by atoms with Crippen LogP contribution in [0.2, 0.25) is 0 Å². The highest BCUT2D eigenvalue weighted by Crippen LogP contribution is 2.35. The van der Waals surface area contributed by atoms with Gasteiger partial charge in [0.2, 0.25) is 0 Å². The standard InChI is InChI=1S/C34H26N4O8/c1-34(2,3)20-6-8-21(9-7-20)35-22-10-12-23(13-11-22)38(36-28(39)24-14-4-18(32(43)44)16-26(24)30(36)41)37-29(40)25-15-5-19(33(45)46)17-27(25)31(37)42/h4-17,35H,1-3H3,(H,43,44)(H,45,46). The van der Waals surface area contributed by atoms with E-state index < -0.39 is 35.6 Å². The summed E-state index contributed by atoms with van der Waals surface area (Å²) in [6, 6.07) is 20.9. The number of nitrogens with one attached hydrogen (secondary N) is 1. The third kappa shape index (κ3) is 4.91. The second-order valence-corrected chi connectivity index (χ2v) is 11.8. The molecule has 4 amide bonds. The molecule has 0 bridgehead atoms. The van der Waals surface area contributed by atoms with Crippen LogP contribution in [-0.2, 0) is 5.41 Å². The lowest BCUT2D eigenvalue weighted by Crippen LogP contribution is -2.58. The summed E-state index contributed by atoms with van der Waals surface area (Å²) in [4.78, 5) is 77.9. The van der Waals surface area contributed by atoms with E-state index in [0.29, 0.717) is 15.7 Å². The van der Waals surface area contributed by atoms with Gasteiger partial charge in [-0.25, -0.2) is 9.59 Å². The predicted molar refractivity (Wildman–Crippen MR) is 165 cm³/mol. The molecule has 0 unspecified atom stereocenters. The van der Waals surface area contributed by atoms with Gasteiger partial charge in [-0.3, -0.25) is 19.2 Å². The molecule has 46 heavy (non-hydrogen) atoms. The maximum absolute atomic E-state index is 13.7. The number of carboxylic acids is 2. The van der Waals surface area contributed by atoms with Crippen molar-refractivity contribution in [2.75, 3.05) is 10.4 Å². The Bertz CT molecular complexity index is 1900. The maximum Gasteiger partial charge on any atom is 0.335 e. The molecule has 12 nitrogen and oxygen atoms in total. The number of hydrogen-bond acceptors (Lipinski definition) is 8. The number of benzene rings is 4. The van der Waals surface area contributed by atoms with Gasteiger partial charge in [-0.1, -0.05) is 32.9 Å². The second kappa shape index (κ2) is 10.7. The Morgan fingerprint density at radius 2 is 0.978 bits per heavy atom. The van der Waals surface area contributed by atoms with Crippen LogP contribution in [0.4, 0.5) is 17.1 Å². The van der Waals surface area contributed by atoms with Crippen LogP contribution in [0.3, 0.4) is 0 Å². The van der Waals surface area contributed by atoms with E-state index >= 15 is 0 Å². The van der Waals surface area contributed by atoms with Crippen molar-refractivity contribution in [3.05, 3.63) is 124 Å². The molecule has 0 aliphatic carbocycles. The van der Waals surface area contributed by atoms with Gasteiger partial charge in [0.15, 0.2) is 0 Å². The van der Waals surface area contributed by atoms with Crippen molar-refractivity contribution in [2.45, 2.75) is 26.2 Å². The Balaban J connectivity index is 1.40. The fourth-order valence-electron chi connectivity index (χ4n) is 5.29. The lowest BCUT2D eigenvalue weighted by Gasteiger charge is -2.36. The van der Waals surface area contributed by atoms with Gasteiger partial charge in [-0.05, 0) is 83.8 Å². The van der Waals surface area contributed by atoms with Crippen molar-refractivity contribution in [3.63, 3.8) is 0 Å². The smallest absolute Gasteiger partial charge is 0.335 e. The zero-order chi connectivity index (χ0) is 33.1. The third-order valence-corrected chi connectivity index (χ3v) is 7.74. The van der Waals surface area contributed by atoms with E-state index in [1.54, 1.807) is 12.1 Å². The van der Waals surface area contributed by atoms with Gasteiger partial charge in [0.05, 0.1) is 39.1 Å². The fraction of sp³-hybridized carbons (Fsp3) is 0.118. The van der Waals surface area contributed by atoms with Gasteiger partial charge in [0, 0.05) is 11.4 Å². The third-order valence-electron chi connectivity index (χ3n) is 7.74. The fourth-order valence-corrected chi connectivity index (χ4v) is 5.29. The molecule has 2 heterocycles. The molecule has 0 atom stereocenters. The van der Waals surface area contributed by atoms with Crippen LogP contribution < -0.4 is 10.4 Å². The van der Waals surface area contributed by atoms with Gasteiger partial charge in [0.1, 0.15) is 0 Å². The zero-order valence-electron chi connectivity index (χ0n) is 24.8. The van der Waals surface area contributed by atoms with Crippen LogP contribution >= 0.6 is 0 Å². The van der Waals surface area contributed by atoms with E-state index in [1.807, 2.05) is 24.3 Å². The van der Waals surface area contributed by atoms with Crippen molar-refractivity contribution in [2.24, 2.45) is 0 Å². The molecule has 0 aromatic heterocycles. The first-order valence-corrected chi connectivity index (χ1v) is 14.1. The van der Waals surface area contributed by atoms with Crippen LogP contribution in [-0.4, -0.2) is 55.8 Å². The number of carbonyl (C=O) groups is 6. The Morgan fingerprint density at radius 1 is 0.587 bits per heavy atom. The summed E-state index contributed by atoms with van der Waals surface area (Å²) in [6.07, 6.45) is 0. The number of aromatic carboxylic acids is 2. The summed E-state index contributed by atoms with van der Waals surface area (Å²) in [5.41, 5.74) is 1.43. The second-order valence-electron chi connectivity index (χ2n) is 11.8. The van der Waals surface area contributed by atoms with E-state index in [4.69, 9.17) is 0 Å². The van der Waals surface area contributed by atoms with E-state index in [0.717, 1.165) is 28.5 Å². The largest absolute Gasteiger partial charge is 0.478 e. The van der Waals surface area contributed by atoms with Crippen molar-refractivity contribution in [1.82, 2.24) is 10.0 Å². The number of anilines is 3. The normalized spacial score (nSPS) is 14.0. The van der Waals surface area contributed by atoms with Crippen LogP contribution in [0.1, 0.15) is 88.5 Å². The number of rotatable bonds is 7. The molecule has 0 fully saturated rings. The minimum atomic E-state index is -1.32. The molecule has 230 valence electrons. The number of carbonyl (C=O) groups excluding carboxylic acids is 4. The topological polar surface area (TPSA) is 165 Å². The summed E-state index contributed by atoms with van der Waals surface area (Å²) in [5, 5.41) is 24.1. The van der Waals surface area contributed by atoms with E-state index in [-0.39, 0.29) is 44.5 Å². The summed E-state index contributed by atoms with van der Waals surface area (Å²) in [6.45, 7) is 6.33. The molecule has 0 saturated carbocycles. The van der Waals surface area contributed by atoms with Crippen LogP contribution in [0.5, 0.6) is 0 Å². The van der Waals surface area contributed by atoms with Gasteiger partial charge in [0.25, 0.3) is 23.6 Å². The van der Waals surface area contributed by atoms with E-state index in [9.17, 15) is 39.0 Å². The monoisotopic (exact) mass is 618 g/mol. The number of hydrogen-bond donors (Lipinski definition) is 3. The van der Waals surface area contributed by atoms with Crippen molar-refractivity contribution >= 4 is 52.6 Å². The van der Waals surface area contributed by atoms with Crippen molar-refractivity contribution < 1.29 is 39.0 Å². The first-order valence-electron chi connectivity index (χ1n) is 14.1. The van der Waals surface area contributed by atoms with Crippen LogP contribution in [0.15, 0.2) is 84.9 Å². The number of hydrazine groups is 2. The Hall–Kier alpha value is -6.30. The SMILES string of the molecule is CC(C)(C)c1ccc(Nc2ccc(N(N3C(=O)c4ccc(C(=O)O)cc4C3=O)N3C(=O)c4ccc(C(=O)O)cc4C3=O)cc2)cc1. The van der Waals surface area contributed by atoms with Gasteiger partial charge < -0.3 is 15.5 Å². The molecular weight excluding hydrogens is 592 g/mol. The Kier molecular flexibility index (Phi) is 6.92. The number of imide groups is 2. The lowest BCUT2D eigenvalue weighted by molar-refractivity contribution is 0.0408. The van der Waals surface area contributed by atoms with Crippen LogP contribution in [0.25, 0.3) is 0 Å². The number of nitrogens with zero attached hydrogens (tertiary/aromatic N) is 3. The first-order chi connectivity index (χ1) is 21.8. The van der Waals surface area contributed by atoms with Gasteiger partial charge >= 0.3 is 11.9 Å². The molecule has 12 heteroatoms. The zero-order valence-corrected chi connectivity index (χ0v) is 24.8. The summed E-state index contributed by atoms with van der Waals surface area (Å²) in [7, 11) is 0. The number of fused-ring (bicyclic) bond motifs is 2. The lowest BCUT2D eigenvalue weighted by atomic mass is 9.87. The van der Waals surface area contributed by atoms with E-state index in [1.165, 1.54) is 36.4 Å². The molecule has 6 rings (SSSR count). The molecule has 2 aliphatic rings. The highest BCUT2D eigenvalue weighted by Gasteiger charge is 2.48.